The van der Waals surface area contributed by atoms with Gasteiger partial charge < -0.3 is 5.32 Å². The number of nitrogens with one attached hydrogen (secondary N) is 1. The van der Waals surface area contributed by atoms with Crippen LogP contribution in [0, 0.1) is 21.4 Å². The molecule has 1 aromatic carbocycles. The van der Waals surface area contributed by atoms with Crippen LogP contribution in [-0.2, 0) is 0 Å². The summed E-state index contributed by atoms with van der Waals surface area (Å²) in [6.45, 7) is 1.48. The lowest BCUT2D eigenvalue weighted by atomic mass is 10.1. The molecule has 1 amide bonds. The van der Waals surface area contributed by atoms with Gasteiger partial charge in [-0.25, -0.2) is 0 Å². The van der Waals surface area contributed by atoms with Crippen molar-refractivity contribution in [2.45, 2.75) is 13.0 Å². The number of nitrogens with zero attached hydrogens (tertiary/aromatic N) is 2. The summed E-state index contributed by atoms with van der Waals surface area (Å²) in [5, 5.41) is 21.3. The van der Waals surface area contributed by atoms with Gasteiger partial charge in [0.1, 0.15) is 11.1 Å². The first-order valence-corrected chi connectivity index (χ1v) is 5.46. The van der Waals surface area contributed by atoms with Gasteiger partial charge in [-0.15, -0.1) is 0 Å². The maximum absolute atomic E-state index is 11.7. The van der Waals surface area contributed by atoms with Crippen molar-refractivity contribution < 1.29 is 9.72 Å². The monoisotopic (exact) mass is 287 g/mol. The van der Waals surface area contributed by atoms with Crippen LogP contribution in [0.1, 0.15) is 17.3 Å². The van der Waals surface area contributed by atoms with Gasteiger partial charge in [-0.1, -0.05) is 23.2 Å². The van der Waals surface area contributed by atoms with Crippen molar-refractivity contribution >= 4 is 34.8 Å². The van der Waals surface area contributed by atoms with E-state index in [1.807, 2.05) is 0 Å². The average Bonchev–Trinajstić information content (AvgIpc) is 2.31. The first-order valence-electron chi connectivity index (χ1n) is 4.70. The van der Waals surface area contributed by atoms with Crippen LogP contribution < -0.4 is 5.32 Å². The zero-order valence-electron chi connectivity index (χ0n) is 9.11. The maximum atomic E-state index is 11.7. The van der Waals surface area contributed by atoms with Crippen LogP contribution in [0.5, 0.6) is 0 Å². The van der Waals surface area contributed by atoms with Gasteiger partial charge in [-0.05, 0) is 13.0 Å². The van der Waals surface area contributed by atoms with Crippen molar-refractivity contribution in [2.24, 2.45) is 0 Å². The summed E-state index contributed by atoms with van der Waals surface area (Å²) in [7, 11) is 0. The zero-order valence-corrected chi connectivity index (χ0v) is 10.6. The Morgan fingerprint density at radius 1 is 1.56 bits per heavy atom. The smallest absolute Gasteiger partial charge is 0.290 e. The summed E-state index contributed by atoms with van der Waals surface area (Å²) in [5.41, 5.74) is -0.489. The fourth-order valence-corrected chi connectivity index (χ4v) is 1.54. The zero-order chi connectivity index (χ0) is 13.9. The average molecular weight is 288 g/mol. The Morgan fingerprint density at radius 2 is 2.17 bits per heavy atom. The second kappa shape index (κ2) is 5.67. The number of amides is 1. The third-order valence-electron chi connectivity index (χ3n) is 2.01. The molecule has 0 aliphatic carbocycles. The third-order valence-corrected chi connectivity index (χ3v) is 2.80. The summed E-state index contributed by atoms with van der Waals surface area (Å²) >= 11 is 11.3. The largest absolute Gasteiger partial charge is 0.337 e. The predicted molar refractivity (Wildman–Crippen MR) is 65.7 cm³/mol. The second-order valence-corrected chi connectivity index (χ2v) is 4.16. The summed E-state index contributed by atoms with van der Waals surface area (Å²) in [6, 6.07) is 3.30. The molecule has 0 spiro atoms. The Bertz CT molecular complexity index is 554. The van der Waals surface area contributed by atoms with Crippen LogP contribution in [0.25, 0.3) is 0 Å². The Kier molecular flexibility index (Phi) is 4.48. The summed E-state index contributed by atoms with van der Waals surface area (Å²) in [5.74, 6) is -0.634. The number of hydrogen-bond acceptors (Lipinski definition) is 4. The number of halogens is 2. The predicted octanol–water partition coefficient (Wildman–Crippen LogP) is 2.54. The molecule has 0 bridgehead atoms. The fourth-order valence-electron chi connectivity index (χ4n) is 1.15. The molecule has 1 unspecified atom stereocenters. The van der Waals surface area contributed by atoms with Crippen molar-refractivity contribution in [3.8, 4) is 6.07 Å². The third kappa shape index (κ3) is 3.09. The fraction of sp³-hybridized carbons (Fsp3) is 0.200. The molecule has 1 aromatic rings. The molecule has 18 heavy (non-hydrogen) atoms. The van der Waals surface area contributed by atoms with E-state index in [9.17, 15) is 14.9 Å². The lowest BCUT2D eigenvalue weighted by Crippen LogP contribution is -2.31. The highest BCUT2D eigenvalue weighted by Crippen LogP contribution is 2.32. The molecule has 0 aromatic heterocycles. The Balaban J connectivity index is 3.16. The molecule has 8 heteroatoms. The second-order valence-electron chi connectivity index (χ2n) is 3.37. The molecule has 1 N–H and O–H groups in total. The standard InChI is InChI=1S/C10H7Cl2N3O3/c1-5(4-13)14-10(16)6-2-7(11)9(12)8(3-6)15(17)18/h2-3,5H,1H3,(H,14,16). The highest BCUT2D eigenvalue weighted by atomic mass is 35.5. The molecular weight excluding hydrogens is 281 g/mol. The Hall–Kier alpha value is -1.84. The quantitative estimate of drug-likeness (QED) is 0.682. The van der Waals surface area contributed by atoms with Gasteiger partial charge in [-0.2, -0.15) is 5.26 Å². The van der Waals surface area contributed by atoms with E-state index < -0.39 is 22.6 Å². The number of benzene rings is 1. The molecule has 0 fully saturated rings. The summed E-state index contributed by atoms with van der Waals surface area (Å²) in [6.07, 6.45) is 0. The van der Waals surface area contributed by atoms with Crippen molar-refractivity contribution in [2.75, 3.05) is 0 Å². The van der Waals surface area contributed by atoms with Gasteiger partial charge >= 0.3 is 0 Å². The number of carbonyl (C=O) groups excluding carboxylic acids is 1. The van der Waals surface area contributed by atoms with Gasteiger partial charge in [0, 0.05) is 11.6 Å². The molecule has 0 aliphatic rings. The van der Waals surface area contributed by atoms with E-state index in [0.717, 1.165) is 6.07 Å². The van der Waals surface area contributed by atoms with E-state index in [1.54, 1.807) is 6.07 Å². The first kappa shape index (κ1) is 14.2. The van der Waals surface area contributed by atoms with Crippen LogP contribution in [0.2, 0.25) is 10.0 Å². The molecule has 0 radical (unpaired) electrons. The van der Waals surface area contributed by atoms with E-state index >= 15 is 0 Å². The summed E-state index contributed by atoms with van der Waals surface area (Å²) < 4.78 is 0. The molecule has 0 saturated heterocycles. The first-order chi connectivity index (χ1) is 8.36. The van der Waals surface area contributed by atoms with Crippen molar-refractivity contribution in [3.05, 3.63) is 37.9 Å². The molecule has 6 nitrogen and oxygen atoms in total. The van der Waals surface area contributed by atoms with Gasteiger partial charge in [0.2, 0.25) is 0 Å². The maximum Gasteiger partial charge on any atom is 0.290 e. The molecule has 1 atom stereocenters. The van der Waals surface area contributed by atoms with Gasteiger partial charge in [0.25, 0.3) is 11.6 Å². The minimum absolute atomic E-state index is 0.0294. The van der Waals surface area contributed by atoms with Gasteiger partial charge in [0.15, 0.2) is 0 Å². The minimum Gasteiger partial charge on any atom is -0.337 e. The number of rotatable bonds is 3. The van der Waals surface area contributed by atoms with E-state index in [2.05, 4.69) is 5.32 Å². The number of hydrogen-bond donors (Lipinski definition) is 1. The Labute approximate surface area is 112 Å². The molecule has 0 heterocycles. The SMILES string of the molecule is CC(C#N)NC(=O)c1cc(Cl)c(Cl)c([N+](=O)[O-])c1. The van der Waals surface area contributed by atoms with E-state index in [4.69, 9.17) is 28.5 Å². The topological polar surface area (TPSA) is 96.0 Å². The van der Waals surface area contributed by atoms with E-state index in [1.165, 1.54) is 13.0 Å². The Morgan fingerprint density at radius 3 is 2.67 bits per heavy atom. The molecule has 0 saturated carbocycles. The van der Waals surface area contributed by atoms with Crippen LogP contribution in [0.3, 0.4) is 0 Å². The number of nitriles is 1. The molecule has 94 valence electrons. The number of nitro benzene ring substituents is 1. The highest BCUT2D eigenvalue weighted by Gasteiger charge is 2.20. The molecule has 0 aliphatic heterocycles. The lowest BCUT2D eigenvalue weighted by Gasteiger charge is -2.07. The van der Waals surface area contributed by atoms with Crippen LogP contribution in [-0.4, -0.2) is 16.9 Å². The molecular formula is C10H7Cl2N3O3. The van der Waals surface area contributed by atoms with Gasteiger partial charge in [-0.3, -0.25) is 14.9 Å². The summed E-state index contributed by atoms with van der Waals surface area (Å²) in [4.78, 5) is 21.6. The van der Waals surface area contributed by atoms with Crippen LogP contribution in [0.4, 0.5) is 5.69 Å². The number of carbonyl (C=O) groups is 1. The lowest BCUT2D eigenvalue weighted by molar-refractivity contribution is -0.384. The van der Waals surface area contributed by atoms with Crippen molar-refractivity contribution in [1.29, 1.82) is 5.26 Å². The van der Waals surface area contributed by atoms with E-state index in [-0.39, 0.29) is 15.6 Å². The van der Waals surface area contributed by atoms with Crippen molar-refractivity contribution in [1.82, 2.24) is 5.32 Å². The highest BCUT2D eigenvalue weighted by molar-refractivity contribution is 6.43. The van der Waals surface area contributed by atoms with Crippen LogP contribution in [0.15, 0.2) is 12.1 Å². The normalized spacial score (nSPS) is 11.4. The van der Waals surface area contributed by atoms with E-state index in [0.29, 0.717) is 0 Å². The molecule has 1 rings (SSSR count). The number of nitro groups is 1. The van der Waals surface area contributed by atoms with Crippen molar-refractivity contribution in [3.63, 3.8) is 0 Å². The van der Waals surface area contributed by atoms with Gasteiger partial charge in [0.05, 0.1) is 16.0 Å². The van der Waals surface area contributed by atoms with Crippen LogP contribution >= 0.6 is 23.2 Å². The minimum atomic E-state index is -0.737.